The summed E-state index contributed by atoms with van der Waals surface area (Å²) in [7, 11) is 1.99. The van der Waals surface area contributed by atoms with Gasteiger partial charge in [-0.05, 0) is 26.5 Å². The van der Waals surface area contributed by atoms with Crippen molar-refractivity contribution in [3.8, 4) is 0 Å². The van der Waals surface area contributed by atoms with Crippen molar-refractivity contribution in [3.05, 3.63) is 47.6 Å². The Hall–Kier alpha value is -1.33. The average Bonchev–Trinajstić information content (AvgIpc) is 3.16. The second-order valence-corrected chi connectivity index (χ2v) is 7.06. The van der Waals surface area contributed by atoms with Gasteiger partial charge in [0.2, 0.25) is 5.89 Å². The van der Waals surface area contributed by atoms with Gasteiger partial charge in [-0.1, -0.05) is 35.5 Å². The molecule has 0 amide bonds. The molecule has 1 saturated heterocycles. The van der Waals surface area contributed by atoms with Gasteiger partial charge >= 0.3 is 0 Å². The molecule has 5 heteroatoms. The molecule has 1 N–H and O–H groups in total. The van der Waals surface area contributed by atoms with Crippen molar-refractivity contribution in [1.82, 2.24) is 15.5 Å². The van der Waals surface area contributed by atoms with E-state index in [-0.39, 0.29) is 5.41 Å². The summed E-state index contributed by atoms with van der Waals surface area (Å²) in [5, 5.41) is 7.60. The first-order valence-corrected chi connectivity index (χ1v) is 8.43. The first kappa shape index (κ1) is 14.6. The van der Waals surface area contributed by atoms with Crippen LogP contribution in [-0.2, 0) is 5.41 Å². The molecule has 1 aromatic heterocycles. The maximum absolute atomic E-state index is 5.57. The molecule has 0 aliphatic carbocycles. The lowest BCUT2D eigenvalue weighted by molar-refractivity contribution is 0.336. The molecular weight excluding hydrogens is 282 g/mol. The monoisotopic (exact) mass is 303 g/mol. The molecule has 0 radical (unpaired) electrons. The van der Waals surface area contributed by atoms with Crippen LogP contribution in [0.1, 0.15) is 37.0 Å². The SMILES string of the molecule is CNC1CSCC1c1nc(C(C)(C)c2ccccc2)no1. The molecule has 21 heavy (non-hydrogen) atoms. The van der Waals surface area contributed by atoms with Crippen molar-refractivity contribution < 1.29 is 4.52 Å². The van der Waals surface area contributed by atoms with Gasteiger partial charge in [0.15, 0.2) is 5.82 Å². The van der Waals surface area contributed by atoms with Crippen molar-refractivity contribution >= 4 is 11.8 Å². The predicted molar refractivity (Wildman–Crippen MR) is 85.8 cm³/mol. The zero-order valence-corrected chi connectivity index (χ0v) is 13.5. The summed E-state index contributed by atoms with van der Waals surface area (Å²) in [6.07, 6.45) is 0. The number of rotatable bonds is 4. The Bertz CT molecular complexity index is 597. The van der Waals surface area contributed by atoms with Gasteiger partial charge in [0.25, 0.3) is 0 Å². The summed E-state index contributed by atoms with van der Waals surface area (Å²) >= 11 is 1.93. The van der Waals surface area contributed by atoms with Crippen LogP contribution in [0.25, 0.3) is 0 Å². The number of likely N-dealkylation sites (N-methyl/N-ethyl adjacent to an activating group) is 1. The van der Waals surface area contributed by atoms with Gasteiger partial charge in [-0.25, -0.2) is 0 Å². The summed E-state index contributed by atoms with van der Waals surface area (Å²) in [6, 6.07) is 10.7. The Morgan fingerprint density at radius 3 is 2.71 bits per heavy atom. The summed E-state index contributed by atoms with van der Waals surface area (Å²) in [5.41, 5.74) is 0.951. The van der Waals surface area contributed by atoms with Gasteiger partial charge in [-0.3, -0.25) is 0 Å². The van der Waals surface area contributed by atoms with Crippen LogP contribution in [-0.4, -0.2) is 34.7 Å². The first-order valence-electron chi connectivity index (χ1n) is 7.27. The molecule has 0 spiro atoms. The highest BCUT2D eigenvalue weighted by Gasteiger charge is 2.35. The molecule has 0 saturated carbocycles. The van der Waals surface area contributed by atoms with E-state index < -0.39 is 0 Å². The van der Waals surface area contributed by atoms with Crippen LogP contribution in [0.5, 0.6) is 0 Å². The Morgan fingerprint density at radius 2 is 2.00 bits per heavy atom. The first-order chi connectivity index (χ1) is 10.1. The van der Waals surface area contributed by atoms with Gasteiger partial charge in [0.1, 0.15) is 0 Å². The third-order valence-electron chi connectivity index (χ3n) is 4.26. The highest BCUT2D eigenvalue weighted by Crippen LogP contribution is 2.34. The van der Waals surface area contributed by atoms with Crippen LogP contribution in [0.2, 0.25) is 0 Å². The van der Waals surface area contributed by atoms with Gasteiger partial charge in [-0.15, -0.1) is 0 Å². The van der Waals surface area contributed by atoms with Gasteiger partial charge in [0, 0.05) is 17.5 Å². The molecule has 2 unspecified atom stereocenters. The van der Waals surface area contributed by atoms with E-state index in [0.717, 1.165) is 23.2 Å². The topological polar surface area (TPSA) is 51.0 Å². The van der Waals surface area contributed by atoms with E-state index in [1.165, 1.54) is 5.56 Å². The molecule has 0 bridgehead atoms. The van der Waals surface area contributed by atoms with Crippen LogP contribution < -0.4 is 5.32 Å². The fourth-order valence-corrected chi connectivity index (χ4v) is 4.12. The predicted octanol–water partition coefficient (Wildman–Crippen LogP) is 2.81. The van der Waals surface area contributed by atoms with Crippen molar-refractivity contribution in [2.75, 3.05) is 18.6 Å². The Kier molecular flexibility index (Phi) is 4.04. The zero-order valence-electron chi connectivity index (χ0n) is 12.7. The molecule has 1 aliphatic heterocycles. The molecule has 3 rings (SSSR count). The molecule has 1 aromatic carbocycles. The third kappa shape index (κ3) is 2.72. The number of benzene rings is 1. The molecule has 2 aromatic rings. The zero-order chi connectivity index (χ0) is 14.9. The summed E-state index contributed by atoms with van der Waals surface area (Å²) in [5.74, 6) is 3.97. The van der Waals surface area contributed by atoms with Crippen molar-refractivity contribution in [3.63, 3.8) is 0 Å². The molecule has 2 heterocycles. The smallest absolute Gasteiger partial charge is 0.232 e. The Labute approximate surface area is 129 Å². The van der Waals surface area contributed by atoms with E-state index >= 15 is 0 Å². The minimum atomic E-state index is -0.246. The quantitative estimate of drug-likeness (QED) is 0.941. The maximum Gasteiger partial charge on any atom is 0.232 e. The van der Waals surface area contributed by atoms with Crippen LogP contribution in [0, 0.1) is 0 Å². The highest BCUT2D eigenvalue weighted by atomic mass is 32.2. The Morgan fingerprint density at radius 1 is 1.24 bits per heavy atom. The fourth-order valence-electron chi connectivity index (χ4n) is 2.71. The van der Waals surface area contributed by atoms with Gasteiger partial charge in [-0.2, -0.15) is 16.7 Å². The summed E-state index contributed by atoms with van der Waals surface area (Å²) < 4.78 is 5.57. The lowest BCUT2D eigenvalue weighted by Crippen LogP contribution is -2.31. The number of nitrogens with one attached hydrogen (secondary N) is 1. The maximum atomic E-state index is 5.57. The normalized spacial score (nSPS) is 22.6. The molecule has 2 atom stereocenters. The van der Waals surface area contributed by atoms with Crippen molar-refractivity contribution in [2.45, 2.75) is 31.2 Å². The van der Waals surface area contributed by atoms with E-state index in [4.69, 9.17) is 9.51 Å². The van der Waals surface area contributed by atoms with Crippen LogP contribution in [0.3, 0.4) is 0 Å². The molecule has 1 fully saturated rings. The third-order valence-corrected chi connectivity index (χ3v) is 5.45. The van der Waals surface area contributed by atoms with E-state index in [0.29, 0.717) is 12.0 Å². The average molecular weight is 303 g/mol. The Balaban J connectivity index is 1.88. The molecular formula is C16H21N3OS. The lowest BCUT2D eigenvalue weighted by Gasteiger charge is -2.20. The fraction of sp³-hybridized carbons (Fsp3) is 0.500. The summed E-state index contributed by atoms with van der Waals surface area (Å²) in [4.78, 5) is 4.71. The standard InChI is InChI=1S/C16H21N3OS/c1-16(2,11-7-5-4-6-8-11)15-18-14(20-19-15)12-9-21-10-13(12)17-3/h4-8,12-13,17H,9-10H2,1-3H3. The summed E-state index contributed by atoms with van der Waals surface area (Å²) in [6.45, 7) is 4.27. The molecule has 1 aliphatic rings. The van der Waals surface area contributed by atoms with Crippen molar-refractivity contribution in [1.29, 1.82) is 0 Å². The van der Waals surface area contributed by atoms with E-state index in [2.05, 4.69) is 36.5 Å². The number of hydrogen-bond donors (Lipinski definition) is 1. The van der Waals surface area contributed by atoms with Crippen molar-refractivity contribution in [2.24, 2.45) is 0 Å². The lowest BCUT2D eigenvalue weighted by atomic mass is 9.84. The number of nitrogens with zero attached hydrogens (tertiary/aromatic N) is 2. The molecule has 112 valence electrons. The second-order valence-electron chi connectivity index (χ2n) is 5.99. The number of aromatic nitrogens is 2. The molecule has 4 nitrogen and oxygen atoms in total. The second kappa shape index (κ2) is 5.81. The van der Waals surface area contributed by atoms with E-state index in [1.807, 2.05) is 37.0 Å². The minimum Gasteiger partial charge on any atom is -0.339 e. The van der Waals surface area contributed by atoms with Gasteiger partial charge in [0.05, 0.1) is 11.3 Å². The highest BCUT2D eigenvalue weighted by molar-refractivity contribution is 7.99. The number of hydrogen-bond acceptors (Lipinski definition) is 5. The van der Waals surface area contributed by atoms with E-state index in [9.17, 15) is 0 Å². The minimum absolute atomic E-state index is 0.246. The van der Waals surface area contributed by atoms with E-state index in [1.54, 1.807) is 0 Å². The van der Waals surface area contributed by atoms with Crippen LogP contribution in [0.4, 0.5) is 0 Å². The van der Waals surface area contributed by atoms with Gasteiger partial charge < -0.3 is 9.84 Å². The largest absolute Gasteiger partial charge is 0.339 e. The van der Waals surface area contributed by atoms with Crippen LogP contribution in [0.15, 0.2) is 34.9 Å². The van der Waals surface area contributed by atoms with Crippen LogP contribution >= 0.6 is 11.8 Å². The number of thioether (sulfide) groups is 1.